The van der Waals surface area contributed by atoms with Crippen molar-refractivity contribution in [1.82, 2.24) is 15.3 Å². The second kappa shape index (κ2) is 6.89. The van der Waals surface area contributed by atoms with Crippen LogP contribution in [0.1, 0.15) is 12.8 Å². The Labute approximate surface area is 111 Å². The van der Waals surface area contributed by atoms with Crippen LogP contribution in [0.2, 0.25) is 0 Å². The molecule has 0 radical (unpaired) electrons. The highest BCUT2D eigenvalue weighted by atomic mass is 16.6. The third-order valence-corrected chi connectivity index (χ3v) is 2.90. The highest BCUT2D eigenvalue weighted by Crippen LogP contribution is 2.15. The van der Waals surface area contributed by atoms with Crippen molar-refractivity contribution >= 4 is 12.0 Å². The van der Waals surface area contributed by atoms with Crippen LogP contribution in [0.25, 0.3) is 0 Å². The largest absolute Gasteiger partial charge is 0.447 e. The first-order chi connectivity index (χ1) is 9.29. The van der Waals surface area contributed by atoms with E-state index in [1.807, 2.05) is 4.90 Å². The fraction of sp³-hybridized carbons (Fsp3) is 0.583. The minimum atomic E-state index is -0.491. The lowest BCUT2D eigenvalue weighted by Crippen LogP contribution is -2.48. The van der Waals surface area contributed by atoms with Crippen LogP contribution in [0.3, 0.4) is 0 Å². The number of nitrogens with zero attached hydrogens (tertiary/aromatic N) is 3. The van der Waals surface area contributed by atoms with E-state index in [4.69, 9.17) is 9.84 Å². The van der Waals surface area contributed by atoms with Crippen LogP contribution in [0.15, 0.2) is 18.5 Å². The number of hydrogen-bond donors (Lipinski definition) is 2. The summed E-state index contributed by atoms with van der Waals surface area (Å²) < 4.78 is 4.79. The van der Waals surface area contributed by atoms with Crippen molar-refractivity contribution in [3.8, 4) is 0 Å². The molecule has 0 saturated carbocycles. The number of amides is 1. The quantitative estimate of drug-likeness (QED) is 0.807. The Balaban J connectivity index is 1.85. The van der Waals surface area contributed by atoms with Crippen LogP contribution in [0.5, 0.6) is 0 Å². The van der Waals surface area contributed by atoms with Gasteiger partial charge in [-0.3, -0.25) is 0 Å². The molecule has 19 heavy (non-hydrogen) atoms. The zero-order valence-electron chi connectivity index (χ0n) is 10.7. The minimum absolute atomic E-state index is 0.0174. The van der Waals surface area contributed by atoms with Crippen LogP contribution in [-0.4, -0.2) is 53.5 Å². The van der Waals surface area contributed by atoms with Gasteiger partial charge in [-0.1, -0.05) is 0 Å². The average molecular weight is 266 g/mol. The maximum atomic E-state index is 11.4. The number of hydrogen-bond acceptors (Lipinski definition) is 6. The Morgan fingerprint density at radius 1 is 1.53 bits per heavy atom. The van der Waals surface area contributed by atoms with Crippen LogP contribution in [-0.2, 0) is 4.74 Å². The Bertz CT molecular complexity index is 401. The fourth-order valence-corrected chi connectivity index (χ4v) is 2.08. The van der Waals surface area contributed by atoms with Crippen LogP contribution in [0, 0.1) is 0 Å². The van der Waals surface area contributed by atoms with Gasteiger partial charge in [0.15, 0.2) is 0 Å². The first-order valence-electron chi connectivity index (χ1n) is 6.35. The van der Waals surface area contributed by atoms with Crippen molar-refractivity contribution < 1.29 is 14.6 Å². The molecule has 1 aromatic rings. The number of nitrogens with one attached hydrogen (secondary N) is 1. The molecule has 104 valence electrons. The van der Waals surface area contributed by atoms with Gasteiger partial charge in [0.05, 0.1) is 6.61 Å². The number of ether oxygens (including phenoxy) is 1. The summed E-state index contributed by atoms with van der Waals surface area (Å²) in [4.78, 5) is 21.9. The number of carbonyl (C=O) groups is 1. The minimum Gasteiger partial charge on any atom is -0.447 e. The molecule has 0 aliphatic carbocycles. The summed E-state index contributed by atoms with van der Waals surface area (Å²) in [5.74, 6) is 0.678. The van der Waals surface area contributed by atoms with Gasteiger partial charge < -0.3 is 20.1 Å². The van der Waals surface area contributed by atoms with Gasteiger partial charge in [0.1, 0.15) is 6.61 Å². The van der Waals surface area contributed by atoms with E-state index in [1.54, 1.807) is 18.5 Å². The van der Waals surface area contributed by atoms with Crippen molar-refractivity contribution in [1.29, 1.82) is 0 Å². The predicted molar refractivity (Wildman–Crippen MR) is 68.8 cm³/mol. The van der Waals surface area contributed by atoms with Gasteiger partial charge in [0, 0.05) is 31.5 Å². The van der Waals surface area contributed by atoms with Gasteiger partial charge >= 0.3 is 6.09 Å². The Morgan fingerprint density at radius 2 is 2.32 bits per heavy atom. The number of aromatic nitrogens is 2. The van der Waals surface area contributed by atoms with E-state index in [2.05, 4.69) is 15.3 Å². The van der Waals surface area contributed by atoms with E-state index in [0.717, 1.165) is 19.4 Å². The molecular formula is C12H18N4O3. The topological polar surface area (TPSA) is 87.6 Å². The van der Waals surface area contributed by atoms with Crippen molar-refractivity contribution in [2.45, 2.75) is 18.9 Å². The van der Waals surface area contributed by atoms with E-state index in [0.29, 0.717) is 12.5 Å². The fourth-order valence-electron chi connectivity index (χ4n) is 2.08. The van der Waals surface area contributed by atoms with Crippen LogP contribution >= 0.6 is 0 Å². The summed E-state index contributed by atoms with van der Waals surface area (Å²) in [6.45, 7) is 1.40. The van der Waals surface area contributed by atoms with Gasteiger partial charge in [-0.15, -0.1) is 0 Å². The molecule has 1 aliphatic heterocycles. The zero-order chi connectivity index (χ0) is 13.5. The zero-order valence-corrected chi connectivity index (χ0v) is 10.7. The van der Waals surface area contributed by atoms with Gasteiger partial charge in [0.2, 0.25) is 5.95 Å². The third-order valence-electron chi connectivity index (χ3n) is 2.90. The molecule has 0 bridgehead atoms. The number of rotatable bonds is 4. The summed E-state index contributed by atoms with van der Waals surface area (Å²) >= 11 is 0. The van der Waals surface area contributed by atoms with Gasteiger partial charge in [-0.05, 0) is 18.9 Å². The Hall–Kier alpha value is -1.89. The molecule has 1 aliphatic rings. The molecule has 1 saturated heterocycles. The smallest absolute Gasteiger partial charge is 0.407 e. The number of piperidine rings is 1. The molecule has 1 atom stereocenters. The lowest BCUT2D eigenvalue weighted by Gasteiger charge is -2.32. The van der Waals surface area contributed by atoms with Crippen molar-refractivity contribution in [3.63, 3.8) is 0 Å². The molecule has 1 aromatic heterocycles. The first-order valence-corrected chi connectivity index (χ1v) is 6.35. The molecule has 1 fully saturated rings. The number of anilines is 1. The standard InChI is InChI=1S/C12H18N4O3/c17-7-8-19-12(18)15-10-3-1-6-16(9-10)11-13-4-2-5-14-11/h2,4-5,10,17H,1,3,6-9H2,(H,15,18). The molecule has 2 heterocycles. The summed E-state index contributed by atoms with van der Waals surface area (Å²) in [5, 5.41) is 11.4. The Kier molecular flexibility index (Phi) is 4.91. The normalized spacial score (nSPS) is 19.0. The lowest BCUT2D eigenvalue weighted by molar-refractivity contribution is 0.115. The highest BCUT2D eigenvalue weighted by Gasteiger charge is 2.23. The highest BCUT2D eigenvalue weighted by molar-refractivity contribution is 5.67. The second-order valence-electron chi connectivity index (χ2n) is 4.34. The number of alkyl carbamates (subject to hydrolysis) is 1. The summed E-state index contributed by atoms with van der Waals surface area (Å²) in [6.07, 6.45) is 4.78. The van der Waals surface area contributed by atoms with Crippen molar-refractivity contribution in [2.75, 3.05) is 31.2 Å². The molecule has 2 rings (SSSR count). The molecule has 7 heteroatoms. The molecular weight excluding hydrogens is 248 g/mol. The second-order valence-corrected chi connectivity index (χ2v) is 4.34. The average Bonchev–Trinajstić information content (AvgIpc) is 2.46. The molecule has 7 nitrogen and oxygen atoms in total. The molecule has 2 N–H and O–H groups in total. The molecule has 1 amide bonds. The van der Waals surface area contributed by atoms with Crippen LogP contribution < -0.4 is 10.2 Å². The lowest BCUT2D eigenvalue weighted by atomic mass is 10.1. The van der Waals surface area contributed by atoms with Crippen molar-refractivity contribution in [2.24, 2.45) is 0 Å². The first kappa shape index (κ1) is 13.5. The number of carbonyl (C=O) groups excluding carboxylic acids is 1. The van der Waals surface area contributed by atoms with E-state index >= 15 is 0 Å². The van der Waals surface area contributed by atoms with Gasteiger partial charge in [-0.25, -0.2) is 14.8 Å². The number of aliphatic hydroxyl groups is 1. The van der Waals surface area contributed by atoms with Crippen molar-refractivity contribution in [3.05, 3.63) is 18.5 Å². The molecule has 0 spiro atoms. The Morgan fingerprint density at radius 3 is 3.05 bits per heavy atom. The molecule has 0 aromatic carbocycles. The van der Waals surface area contributed by atoms with E-state index in [9.17, 15) is 4.79 Å². The number of aliphatic hydroxyl groups excluding tert-OH is 1. The molecule has 1 unspecified atom stereocenters. The maximum absolute atomic E-state index is 11.4. The monoisotopic (exact) mass is 266 g/mol. The summed E-state index contributed by atoms with van der Waals surface area (Å²) in [5.41, 5.74) is 0. The summed E-state index contributed by atoms with van der Waals surface area (Å²) in [7, 11) is 0. The van der Waals surface area contributed by atoms with E-state index in [-0.39, 0.29) is 19.3 Å². The van der Waals surface area contributed by atoms with Gasteiger partial charge in [-0.2, -0.15) is 0 Å². The SMILES string of the molecule is O=C(NC1CCCN(c2ncccn2)C1)OCCO. The maximum Gasteiger partial charge on any atom is 0.407 e. The van der Waals surface area contributed by atoms with Gasteiger partial charge in [0.25, 0.3) is 0 Å². The predicted octanol–water partition coefficient (Wildman–Crippen LogP) is 0.164. The summed E-state index contributed by atoms with van der Waals surface area (Å²) in [6, 6.07) is 1.79. The van der Waals surface area contributed by atoms with Crippen LogP contribution in [0.4, 0.5) is 10.7 Å². The van der Waals surface area contributed by atoms with E-state index in [1.165, 1.54) is 0 Å². The van der Waals surface area contributed by atoms with E-state index < -0.39 is 6.09 Å². The third kappa shape index (κ3) is 4.06.